The molecule has 0 heterocycles. The van der Waals surface area contributed by atoms with Gasteiger partial charge < -0.3 is 0 Å². The van der Waals surface area contributed by atoms with Gasteiger partial charge in [0.25, 0.3) is 0 Å². The van der Waals surface area contributed by atoms with Gasteiger partial charge in [0, 0.05) is 11.8 Å². The fourth-order valence-electron chi connectivity index (χ4n) is 1.34. The fourth-order valence-corrected chi connectivity index (χ4v) is 1.34. The molecule has 0 bridgehead atoms. The standard InChI is InChI=1S/C6H6O2/c7-5-2-6(8)4-1-3(4)5/h3-4H,1-2H2. The molecule has 2 fully saturated rings. The van der Waals surface area contributed by atoms with Crippen molar-refractivity contribution in [1.82, 2.24) is 0 Å². The summed E-state index contributed by atoms with van der Waals surface area (Å²) < 4.78 is 0. The Morgan fingerprint density at radius 1 is 1.12 bits per heavy atom. The molecule has 0 spiro atoms. The molecule has 2 nitrogen and oxygen atoms in total. The predicted molar refractivity (Wildman–Crippen MR) is 26.2 cm³/mol. The van der Waals surface area contributed by atoms with Crippen molar-refractivity contribution in [3.05, 3.63) is 0 Å². The molecule has 2 saturated carbocycles. The van der Waals surface area contributed by atoms with Crippen LogP contribution < -0.4 is 0 Å². The Morgan fingerprint density at radius 3 is 1.75 bits per heavy atom. The van der Waals surface area contributed by atoms with Crippen LogP contribution in [0.4, 0.5) is 0 Å². The van der Waals surface area contributed by atoms with E-state index < -0.39 is 0 Å². The lowest BCUT2D eigenvalue weighted by Gasteiger charge is -1.82. The third kappa shape index (κ3) is 0.335. The molecular formula is C6H6O2. The summed E-state index contributed by atoms with van der Waals surface area (Å²) in [6, 6.07) is 0. The van der Waals surface area contributed by atoms with Gasteiger partial charge in [-0.3, -0.25) is 9.59 Å². The molecule has 0 radical (unpaired) electrons. The lowest BCUT2D eigenvalue weighted by molar-refractivity contribution is -0.124. The summed E-state index contributed by atoms with van der Waals surface area (Å²) in [6.07, 6.45) is 1.09. The summed E-state index contributed by atoms with van der Waals surface area (Å²) in [7, 11) is 0. The number of Topliss-reactive ketones (excluding diaryl/α,β-unsaturated/α-hetero) is 2. The van der Waals surface area contributed by atoms with Crippen molar-refractivity contribution in [2.75, 3.05) is 0 Å². The highest BCUT2D eigenvalue weighted by Gasteiger charge is 2.53. The highest BCUT2D eigenvalue weighted by atomic mass is 16.2. The molecule has 2 aliphatic rings. The molecule has 0 aromatic heterocycles. The van der Waals surface area contributed by atoms with Gasteiger partial charge in [0.15, 0.2) is 0 Å². The molecule has 8 heavy (non-hydrogen) atoms. The van der Waals surface area contributed by atoms with Gasteiger partial charge in [0.05, 0.1) is 6.42 Å². The van der Waals surface area contributed by atoms with Crippen LogP contribution in [0, 0.1) is 11.8 Å². The number of carbonyl (C=O) groups is 2. The zero-order chi connectivity index (χ0) is 5.72. The van der Waals surface area contributed by atoms with E-state index in [0.29, 0.717) is 0 Å². The maximum Gasteiger partial charge on any atom is 0.144 e. The summed E-state index contributed by atoms with van der Waals surface area (Å²) in [6.45, 7) is 0. The van der Waals surface area contributed by atoms with E-state index in [1.165, 1.54) is 0 Å². The SMILES string of the molecule is O=C1CC(=O)C2CC12. The zero-order valence-corrected chi connectivity index (χ0v) is 4.39. The normalized spacial score (nSPS) is 42.5. The molecule has 0 amide bonds. The molecule has 2 atom stereocenters. The summed E-state index contributed by atoms with van der Waals surface area (Å²) in [4.78, 5) is 21.2. The molecule has 2 aliphatic carbocycles. The lowest BCUT2D eigenvalue weighted by Crippen LogP contribution is -1.98. The van der Waals surface area contributed by atoms with Crippen LogP contribution in [0.1, 0.15) is 12.8 Å². The highest BCUT2D eigenvalue weighted by molar-refractivity contribution is 6.12. The minimum atomic E-state index is 0.169. The van der Waals surface area contributed by atoms with Crippen molar-refractivity contribution in [3.8, 4) is 0 Å². The Balaban J connectivity index is 2.31. The topological polar surface area (TPSA) is 34.1 Å². The number of rotatable bonds is 0. The number of ketones is 2. The quantitative estimate of drug-likeness (QED) is 0.416. The molecule has 2 unspecified atom stereocenters. The number of carbonyl (C=O) groups excluding carboxylic acids is 2. The van der Waals surface area contributed by atoms with E-state index in [1.54, 1.807) is 0 Å². The Kier molecular flexibility index (Phi) is 0.539. The summed E-state index contributed by atoms with van der Waals surface area (Å²) >= 11 is 0. The zero-order valence-electron chi connectivity index (χ0n) is 4.39. The van der Waals surface area contributed by atoms with Crippen LogP contribution in [0.2, 0.25) is 0 Å². The van der Waals surface area contributed by atoms with Crippen molar-refractivity contribution < 1.29 is 9.59 Å². The number of hydrogen-bond acceptors (Lipinski definition) is 2. The van der Waals surface area contributed by atoms with E-state index in [4.69, 9.17) is 0 Å². The first-order chi connectivity index (χ1) is 3.79. The van der Waals surface area contributed by atoms with Crippen molar-refractivity contribution in [2.45, 2.75) is 12.8 Å². The monoisotopic (exact) mass is 110 g/mol. The van der Waals surface area contributed by atoms with Crippen LogP contribution in [-0.2, 0) is 9.59 Å². The fraction of sp³-hybridized carbons (Fsp3) is 0.667. The van der Waals surface area contributed by atoms with Gasteiger partial charge in [-0.1, -0.05) is 0 Å². The van der Waals surface area contributed by atoms with Crippen LogP contribution in [0.15, 0.2) is 0 Å². The molecule has 0 aromatic carbocycles. The Morgan fingerprint density at radius 2 is 1.62 bits per heavy atom. The average Bonchev–Trinajstić information content (AvgIpc) is 2.35. The van der Waals surface area contributed by atoms with E-state index in [1.807, 2.05) is 0 Å². The second-order valence-electron chi connectivity index (χ2n) is 2.56. The molecule has 2 heteroatoms. The second-order valence-corrected chi connectivity index (χ2v) is 2.56. The highest BCUT2D eigenvalue weighted by Crippen LogP contribution is 2.46. The maximum atomic E-state index is 10.6. The molecule has 0 aromatic rings. The molecular weight excluding hydrogens is 104 g/mol. The summed E-state index contributed by atoms with van der Waals surface area (Å²) in [5.74, 6) is 0.699. The van der Waals surface area contributed by atoms with Crippen LogP contribution in [0.3, 0.4) is 0 Å². The average molecular weight is 110 g/mol. The first-order valence-corrected chi connectivity index (χ1v) is 2.84. The molecule has 0 aliphatic heterocycles. The van der Waals surface area contributed by atoms with Crippen LogP contribution >= 0.6 is 0 Å². The van der Waals surface area contributed by atoms with E-state index in [0.717, 1.165) is 6.42 Å². The maximum absolute atomic E-state index is 10.6. The minimum absolute atomic E-state index is 0.169. The van der Waals surface area contributed by atoms with Gasteiger partial charge in [-0.05, 0) is 6.42 Å². The van der Waals surface area contributed by atoms with Gasteiger partial charge in [-0.2, -0.15) is 0 Å². The van der Waals surface area contributed by atoms with Crippen molar-refractivity contribution in [2.24, 2.45) is 11.8 Å². The van der Waals surface area contributed by atoms with Crippen molar-refractivity contribution in [1.29, 1.82) is 0 Å². The lowest BCUT2D eigenvalue weighted by atomic mass is 10.2. The Hall–Kier alpha value is -0.660. The third-order valence-corrected chi connectivity index (χ3v) is 1.97. The smallest absolute Gasteiger partial charge is 0.144 e. The van der Waals surface area contributed by atoms with Gasteiger partial charge in [-0.15, -0.1) is 0 Å². The Bertz CT molecular complexity index is 153. The largest absolute Gasteiger partial charge is 0.299 e. The molecule has 2 rings (SSSR count). The summed E-state index contributed by atoms with van der Waals surface area (Å²) in [5, 5.41) is 0. The van der Waals surface area contributed by atoms with Gasteiger partial charge in [0.2, 0.25) is 0 Å². The predicted octanol–water partition coefficient (Wildman–Crippen LogP) is 0.164. The van der Waals surface area contributed by atoms with E-state index in [-0.39, 0.29) is 29.8 Å². The van der Waals surface area contributed by atoms with Crippen molar-refractivity contribution >= 4 is 11.6 Å². The summed E-state index contributed by atoms with van der Waals surface area (Å²) in [5.41, 5.74) is 0. The van der Waals surface area contributed by atoms with Crippen LogP contribution in [-0.4, -0.2) is 11.6 Å². The molecule has 0 N–H and O–H groups in total. The first-order valence-electron chi connectivity index (χ1n) is 2.84. The third-order valence-electron chi connectivity index (χ3n) is 1.97. The van der Waals surface area contributed by atoms with Crippen molar-refractivity contribution in [3.63, 3.8) is 0 Å². The van der Waals surface area contributed by atoms with Crippen LogP contribution in [0.5, 0.6) is 0 Å². The van der Waals surface area contributed by atoms with Crippen LogP contribution in [0.25, 0.3) is 0 Å². The van der Waals surface area contributed by atoms with E-state index in [9.17, 15) is 9.59 Å². The van der Waals surface area contributed by atoms with E-state index in [2.05, 4.69) is 0 Å². The number of hydrogen-bond donors (Lipinski definition) is 0. The molecule has 42 valence electrons. The van der Waals surface area contributed by atoms with E-state index >= 15 is 0 Å². The van der Waals surface area contributed by atoms with Gasteiger partial charge >= 0.3 is 0 Å². The molecule has 0 saturated heterocycles. The minimum Gasteiger partial charge on any atom is -0.299 e. The van der Waals surface area contributed by atoms with Gasteiger partial charge in [-0.25, -0.2) is 0 Å². The number of fused-ring (bicyclic) bond motifs is 1. The second kappa shape index (κ2) is 1.02. The Labute approximate surface area is 46.9 Å². The van der Waals surface area contributed by atoms with Gasteiger partial charge in [0.1, 0.15) is 11.6 Å². The first kappa shape index (κ1) is 4.24.